The van der Waals surface area contributed by atoms with Crippen molar-refractivity contribution >= 4 is 23.5 Å². The molecule has 5 aliphatic heterocycles. The molecule has 5 heterocycles. The zero-order chi connectivity index (χ0) is 25.1. The number of fused-ring (bicyclic) bond motifs is 4. The zero-order valence-electron chi connectivity index (χ0n) is 21.3. The van der Waals surface area contributed by atoms with Gasteiger partial charge in [-0.05, 0) is 74.0 Å². The van der Waals surface area contributed by atoms with Gasteiger partial charge in [-0.3, -0.25) is 9.89 Å². The average Bonchev–Trinajstić information content (AvgIpc) is 3.65. The number of para-hydroxylation sites is 1. The second kappa shape index (κ2) is 8.67. The molecule has 7 rings (SSSR count). The van der Waals surface area contributed by atoms with E-state index in [-0.39, 0.29) is 5.97 Å². The third-order valence-corrected chi connectivity index (χ3v) is 9.08. The van der Waals surface area contributed by atoms with Crippen molar-refractivity contribution in [3.8, 4) is 0 Å². The molecule has 1 spiro atoms. The number of guanidine groups is 1. The summed E-state index contributed by atoms with van der Waals surface area (Å²) >= 11 is 0. The van der Waals surface area contributed by atoms with Gasteiger partial charge in [0.1, 0.15) is 12.4 Å². The number of aliphatic hydroxyl groups excluding tert-OH is 1. The van der Waals surface area contributed by atoms with Gasteiger partial charge < -0.3 is 19.6 Å². The fourth-order valence-corrected chi connectivity index (χ4v) is 6.84. The van der Waals surface area contributed by atoms with E-state index >= 15 is 0 Å². The lowest BCUT2D eigenvalue weighted by atomic mass is 9.77. The molecular weight excluding hydrogens is 466 g/mol. The van der Waals surface area contributed by atoms with Crippen molar-refractivity contribution in [1.82, 2.24) is 14.7 Å². The standard InChI is InChI=1S/C29H33N5O3/c1-19-20(6-7-21-23(19)17-37-27(21)36)25(35)16-32-12-8-29(9-13-32)10-14-33(18-29)28-31-24-5-3-2-4-22(24)26-30-11-15-34(26)28/h2-7,25,35H,8-18H2,1H3/t25-/m0/s1. The van der Waals surface area contributed by atoms with E-state index < -0.39 is 6.10 Å². The highest BCUT2D eigenvalue weighted by Gasteiger charge is 2.44. The van der Waals surface area contributed by atoms with Gasteiger partial charge in [0, 0.05) is 37.3 Å². The van der Waals surface area contributed by atoms with Crippen molar-refractivity contribution in [3.05, 3.63) is 64.2 Å². The van der Waals surface area contributed by atoms with Crippen molar-refractivity contribution in [2.45, 2.75) is 38.9 Å². The maximum absolute atomic E-state index is 11.9. The predicted octanol–water partition coefficient (Wildman–Crippen LogP) is 3.25. The highest BCUT2D eigenvalue weighted by atomic mass is 16.5. The normalized spacial score (nSPS) is 22.9. The summed E-state index contributed by atoms with van der Waals surface area (Å²) in [5.74, 6) is 1.88. The quantitative estimate of drug-likeness (QED) is 0.653. The van der Waals surface area contributed by atoms with E-state index in [4.69, 9.17) is 14.7 Å². The van der Waals surface area contributed by atoms with Crippen LogP contribution < -0.4 is 0 Å². The lowest BCUT2D eigenvalue weighted by Gasteiger charge is -2.41. The summed E-state index contributed by atoms with van der Waals surface area (Å²) in [6.07, 6.45) is 2.88. The smallest absolute Gasteiger partial charge is 0.338 e. The topological polar surface area (TPSA) is 81.0 Å². The fourth-order valence-electron chi connectivity index (χ4n) is 6.84. The van der Waals surface area contributed by atoms with Gasteiger partial charge in [-0.1, -0.05) is 18.2 Å². The van der Waals surface area contributed by atoms with Crippen molar-refractivity contribution < 1.29 is 14.6 Å². The first kappa shape index (κ1) is 22.9. The minimum absolute atomic E-state index is 0.261. The second-order valence-electron chi connectivity index (χ2n) is 11.2. The number of aliphatic imine (C=N–C) groups is 2. The number of cyclic esters (lactones) is 1. The Morgan fingerprint density at radius 1 is 1.05 bits per heavy atom. The Balaban J connectivity index is 1.01. The van der Waals surface area contributed by atoms with Gasteiger partial charge in [-0.15, -0.1) is 0 Å². The number of nitrogens with zero attached hydrogens (tertiary/aromatic N) is 5. The van der Waals surface area contributed by atoms with E-state index in [1.54, 1.807) is 6.07 Å². The molecule has 2 aromatic rings. The molecule has 37 heavy (non-hydrogen) atoms. The Kier molecular flexibility index (Phi) is 5.37. The molecule has 2 fully saturated rings. The number of esters is 1. The van der Waals surface area contributed by atoms with Crippen LogP contribution in [0.25, 0.3) is 0 Å². The largest absolute Gasteiger partial charge is 0.457 e. The molecule has 0 bridgehead atoms. The van der Waals surface area contributed by atoms with Gasteiger partial charge in [-0.2, -0.15) is 0 Å². The number of hydrogen-bond acceptors (Lipinski definition) is 8. The third-order valence-electron chi connectivity index (χ3n) is 9.08. The molecule has 0 unspecified atom stereocenters. The molecule has 0 saturated carbocycles. The maximum atomic E-state index is 11.9. The number of aliphatic hydroxyl groups is 1. The summed E-state index contributed by atoms with van der Waals surface area (Å²) in [6.45, 7) is 8.68. The Hall–Kier alpha value is -3.23. The van der Waals surface area contributed by atoms with E-state index in [9.17, 15) is 9.90 Å². The summed E-state index contributed by atoms with van der Waals surface area (Å²) in [7, 11) is 0. The van der Waals surface area contributed by atoms with Crippen LogP contribution in [-0.2, 0) is 11.3 Å². The maximum Gasteiger partial charge on any atom is 0.338 e. The molecule has 0 radical (unpaired) electrons. The number of benzene rings is 2. The van der Waals surface area contributed by atoms with Crippen molar-refractivity contribution in [1.29, 1.82) is 0 Å². The molecule has 0 aromatic heterocycles. The Morgan fingerprint density at radius 3 is 2.73 bits per heavy atom. The number of carbonyl (C=O) groups is 1. The molecular formula is C29H33N5O3. The molecule has 1 atom stereocenters. The first-order chi connectivity index (χ1) is 18.0. The van der Waals surface area contributed by atoms with Crippen LogP contribution in [0.1, 0.15) is 58.0 Å². The van der Waals surface area contributed by atoms with Crippen LogP contribution >= 0.6 is 0 Å². The second-order valence-corrected chi connectivity index (χ2v) is 11.2. The zero-order valence-corrected chi connectivity index (χ0v) is 21.3. The lowest BCUT2D eigenvalue weighted by Crippen LogP contribution is -2.48. The number of piperidine rings is 1. The summed E-state index contributed by atoms with van der Waals surface area (Å²) in [5.41, 5.74) is 5.92. The van der Waals surface area contributed by atoms with Crippen LogP contribution in [0.5, 0.6) is 0 Å². The highest BCUT2D eigenvalue weighted by Crippen LogP contribution is 2.42. The van der Waals surface area contributed by atoms with E-state index in [1.807, 2.05) is 13.0 Å². The van der Waals surface area contributed by atoms with Gasteiger partial charge in [-0.25, -0.2) is 9.79 Å². The monoisotopic (exact) mass is 499 g/mol. The van der Waals surface area contributed by atoms with Crippen molar-refractivity contribution in [3.63, 3.8) is 0 Å². The van der Waals surface area contributed by atoms with Crippen LogP contribution in [0.3, 0.4) is 0 Å². The van der Waals surface area contributed by atoms with Crippen LogP contribution in [0.15, 0.2) is 46.4 Å². The number of carbonyl (C=O) groups excluding carboxylic acids is 1. The number of likely N-dealkylation sites (tertiary alicyclic amines) is 2. The van der Waals surface area contributed by atoms with E-state index in [0.29, 0.717) is 24.1 Å². The lowest BCUT2D eigenvalue weighted by molar-refractivity contribution is 0.0534. The number of hydrogen-bond donors (Lipinski definition) is 1. The summed E-state index contributed by atoms with van der Waals surface area (Å²) in [6, 6.07) is 12.0. The number of β-amino-alcohol motifs (C(OH)–C–C–N with tert-alkyl or cyclic N) is 1. The first-order valence-electron chi connectivity index (χ1n) is 13.5. The molecule has 192 valence electrons. The number of amidine groups is 1. The molecule has 0 amide bonds. The van der Waals surface area contributed by atoms with Crippen molar-refractivity contribution in [2.24, 2.45) is 15.4 Å². The molecule has 5 aliphatic rings. The highest BCUT2D eigenvalue weighted by molar-refractivity contribution is 6.15. The Bertz CT molecular complexity index is 1330. The van der Waals surface area contributed by atoms with Crippen LogP contribution in [0, 0.1) is 12.3 Å². The minimum Gasteiger partial charge on any atom is -0.457 e. The fraction of sp³-hybridized carbons (Fsp3) is 0.483. The van der Waals surface area contributed by atoms with Gasteiger partial charge in [0.15, 0.2) is 0 Å². The number of rotatable bonds is 3. The minimum atomic E-state index is -0.570. The Labute approximate surface area is 217 Å². The molecule has 2 aromatic carbocycles. The predicted molar refractivity (Wildman–Crippen MR) is 141 cm³/mol. The summed E-state index contributed by atoms with van der Waals surface area (Å²) in [5, 5.41) is 11.1. The van der Waals surface area contributed by atoms with Gasteiger partial charge in [0.05, 0.1) is 23.9 Å². The van der Waals surface area contributed by atoms with Gasteiger partial charge >= 0.3 is 5.97 Å². The van der Waals surface area contributed by atoms with Gasteiger partial charge in [0.2, 0.25) is 5.96 Å². The number of ether oxygens (including phenoxy) is 1. The molecule has 2 saturated heterocycles. The first-order valence-corrected chi connectivity index (χ1v) is 13.5. The average molecular weight is 500 g/mol. The molecule has 8 heteroatoms. The Morgan fingerprint density at radius 2 is 1.86 bits per heavy atom. The van der Waals surface area contributed by atoms with Crippen molar-refractivity contribution in [2.75, 3.05) is 45.8 Å². The van der Waals surface area contributed by atoms with Crippen LogP contribution in [-0.4, -0.2) is 83.4 Å². The van der Waals surface area contributed by atoms with Gasteiger partial charge in [0.25, 0.3) is 0 Å². The summed E-state index contributed by atoms with van der Waals surface area (Å²) in [4.78, 5) is 28.9. The van der Waals surface area contributed by atoms with E-state index in [0.717, 1.165) is 91.8 Å². The van der Waals surface area contributed by atoms with E-state index in [1.165, 1.54) is 6.42 Å². The SMILES string of the molecule is Cc1c([C@@H](O)CN2CCC3(CC2)CCN(C2=Nc4ccccc4C4=NCCN42)C3)ccc2c1COC2=O. The molecule has 1 N–H and O–H groups in total. The molecule has 8 nitrogen and oxygen atoms in total. The van der Waals surface area contributed by atoms with Crippen LogP contribution in [0.2, 0.25) is 0 Å². The van der Waals surface area contributed by atoms with E-state index in [2.05, 4.69) is 39.0 Å². The third kappa shape index (κ3) is 3.77. The summed E-state index contributed by atoms with van der Waals surface area (Å²) < 4.78 is 5.18. The van der Waals surface area contributed by atoms with Crippen LogP contribution in [0.4, 0.5) is 5.69 Å². The molecule has 0 aliphatic carbocycles.